The predicted molar refractivity (Wildman–Crippen MR) is 110 cm³/mol. The molecule has 1 N–H and O–H groups in total. The number of rotatable bonds is 4. The van der Waals surface area contributed by atoms with Gasteiger partial charge in [0.25, 0.3) is 0 Å². The number of ketones is 1. The smallest absolute Gasteiger partial charge is 0.167 e. The third-order valence-corrected chi connectivity index (χ3v) is 5.24. The van der Waals surface area contributed by atoms with E-state index in [4.69, 9.17) is 27.9 Å². The summed E-state index contributed by atoms with van der Waals surface area (Å²) in [5.41, 5.74) is 1.87. The van der Waals surface area contributed by atoms with Gasteiger partial charge in [0.05, 0.1) is 10.6 Å². The summed E-state index contributed by atoms with van der Waals surface area (Å²) in [6.07, 6.45) is 1.62. The number of carbonyl (C=O) groups excluding carboxylic acids is 1. The van der Waals surface area contributed by atoms with Gasteiger partial charge in [-0.15, -0.1) is 0 Å². The number of carbonyl (C=O) groups is 1. The quantitative estimate of drug-likeness (QED) is 0.595. The van der Waals surface area contributed by atoms with Crippen LogP contribution in [0, 0.1) is 5.41 Å². The van der Waals surface area contributed by atoms with E-state index in [0.29, 0.717) is 40.0 Å². The summed E-state index contributed by atoms with van der Waals surface area (Å²) < 4.78 is 5.90. The molecule has 3 rings (SSSR count). The molecule has 0 bridgehead atoms. The molecule has 0 aliphatic heterocycles. The average molecular weight is 405 g/mol. The van der Waals surface area contributed by atoms with E-state index >= 15 is 0 Å². The normalized spacial score (nSPS) is 16.6. The van der Waals surface area contributed by atoms with Gasteiger partial charge in [-0.1, -0.05) is 50.0 Å². The summed E-state index contributed by atoms with van der Waals surface area (Å²) in [6.45, 7) is 5.99. The van der Waals surface area contributed by atoms with Crippen LogP contribution in [0.5, 0.6) is 11.5 Å². The number of aryl methyl sites for hydroxylation is 1. The SMILES string of the molecule is CCc1ccc(Oc2ccc(Cl)cc2Cl)cc1C1=C(O)CC(C)(C)CC1=O. The second-order valence-electron chi connectivity index (χ2n) is 7.61. The molecule has 2 aromatic rings. The van der Waals surface area contributed by atoms with Crippen molar-refractivity contribution in [3.05, 3.63) is 63.3 Å². The first-order chi connectivity index (χ1) is 12.7. The summed E-state index contributed by atoms with van der Waals surface area (Å²) >= 11 is 12.1. The standard InChI is InChI=1S/C22H22Cl2O3/c1-4-13-5-7-15(27-20-8-6-14(23)9-17(20)24)10-16(13)21-18(25)11-22(2,3)12-19(21)26/h5-10,25H,4,11-12H2,1-3H3. The van der Waals surface area contributed by atoms with Gasteiger partial charge >= 0.3 is 0 Å². The molecule has 0 fully saturated rings. The minimum absolute atomic E-state index is 0.0416. The third kappa shape index (κ3) is 4.31. The van der Waals surface area contributed by atoms with E-state index in [1.165, 1.54) is 0 Å². The molecule has 0 unspecified atom stereocenters. The van der Waals surface area contributed by atoms with Crippen LogP contribution in [0.2, 0.25) is 10.0 Å². The van der Waals surface area contributed by atoms with Gasteiger partial charge in [0, 0.05) is 17.9 Å². The molecule has 0 saturated carbocycles. The molecule has 0 atom stereocenters. The number of Topliss-reactive ketones (excluding diaryl/α,β-unsaturated/α-hetero) is 1. The second kappa shape index (κ2) is 7.57. The maximum absolute atomic E-state index is 12.8. The summed E-state index contributed by atoms with van der Waals surface area (Å²) in [4.78, 5) is 12.8. The number of benzene rings is 2. The molecule has 5 heteroatoms. The number of halogens is 2. The number of aliphatic hydroxyl groups excluding tert-OH is 1. The molecule has 0 heterocycles. The highest BCUT2D eigenvalue weighted by molar-refractivity contribution is 6.35. The molecular weight excluding hydrogens is 383 g/mol. The van der Waals surface area contributed by atoms with Crippen LogP contribution in [-0.4, -0.2) is 10.9 Å². The summed E-state index contributed by atoms with van der Waals surface area (Å²) in [5, 5.41) is 11.5. The topological polar surface area (TPSA) is 46.5 Å². The Kier molecular flexibility index (Phi) is 5.55. The molecule has 0 radical (unpaired) electrons. The number of aliphatic hydroxyl groups is 1. The van der Waals surface area contributed by atoms with E-state index in [2.05, 4.69) is 0 Å². The zero-order valence-electron chi connectivity index (χ0n) is 15.6. The number of ether oxygens (including phenoxy) is 1. The molecule has 2 aromatic carbocycles. The maximum atomic E-state index is 12.8. The van der Waals surface area contributed by atoms with Crippen molar-refractivity contribution in [1.82, 2.24) is 0 Å². The van der Waals surface area contributed by atoms with E-state index < -0.39 is 0 Å². The lowest BCUT2D eigenvalue weighted by molar-refractivity contribution is -0.116. The highest BCUT2D eigenvalue weighted by atomic mass is 35.5. The Morgan fingerprint density at radius 1 is 1.11 bits per heavy atom. The van der Waals surface area contributed by atoms with Gasteiger partial charge in [-0.3, -0.25) is 4.79 Å². The number of hydrogen-bond donors (Lipinski definition) is 1. The highest BCUT2D eigenvalue weighted by Crippen LogP contribution is 2.41. The fraction of sp³-hybridized carbons (Fsp3) is 0.318. The first-order valence-corrected chi connectivity index (χ1v) is 9.67. The second-order valence-corrected chi connectivity index (χ2v) is 8.46. The van der Waals surface area contributed by atoms with Crippen molar-refractivity contribution in [3.8, 4) is 11.5 Å². The van der Waals surface area contributed by atoms with Gasteiger partial charge in [-0.05, 0) is 53.3 Å². The molecule has 1 aliphatic carbocycles. The van der Waals surface area contributed by atoms with Crippen LogP contribution in [0.4, 0.5) is 0 Å². The predicted octanol–water partition coefficient (Wildman–Crippen LogP) is 7.01. The van der Waals surface area contributed by atoms with E-state index in [1.54, 1.807) is 24.3 Å². The van der Waals surface area contributed by atoms with Crippen LogP contribution in [0.1, 0.15) is 44.7 Å². The Hall–Kier alpha value is -1.97. The van der Waals surface area contributed by atoms with Gasteiger partial charge in [0.2, 0.25) is 0 Å². The largest absolute Gasteiger partial charge is 0.512 e. The van der Waals surface area contributed by atoms with Gasteiger partial charge in [-0.25, -0.2) is 0 Å². The lowest BCUT2D eigenvalue weighted by Gasteiger charge is -2.30. The fourth-order valence-corrected chi connectivity index (χ4v) is 3.89. The third-order valence-electron chi connectivity index (χ3n) is 4.71. The Morgan fingerprint density at radius 2 is 1.85 bits per heavy atom. The zero-order valence-corrected chi connectivity index (χ0v) is 17.1. The van der Waals surface area contributed by atoms with Crippen molar-refractivity contribution in [2.75, 3.05) is 0 Å². The van der Waals surface area contributed by atoms with Crippen LogP contribution < -0.4 is 4.74 Å². The van der Waals surface area contributed by atoms with E-state index in [0.717, 1.165) is 17.5 Å². The molecule has 27 heavy (non-hydrogen) atoms. The molecule has 3 nitrogen and oxygen atoms in total. The average Bonchev–Trinajstić information content (AvgIpc) is 2.56. The van der Waals surface area contributed by atoms with E-state index in [-0.39, 0.29) is 17.0 Å². The fourth-order valence-electron chi connectivity index (χ4n) is 3.44. The summed E-state index contributed by atoms with van der Waals surface area (Å²) in [7, 11) is 0. The minimum Gasteiger partial charge on any atom is -0.512 e. The van der Waals surface area contributed by atoms with Crippen molar-refractivity contribution < 1.29 is 14.6 Å². The van der Waals surface area contributed by atoms with Crippen LogP contribution >= 0.6 is 23.2 Å². The maximum Gasteiger partial charge on any atom is 0.167 e. The molecule has 0 aromatic heterocycles. The Balaban J connectivity index is 2.03. The first-order valence-electron chi connectivity index (χ1n) is 8.91. The first kappa shape index (κ1) is 19.8. The molecule has 142 valence electrons. The van der Waals surface area contributed by atoms with Crippen molar-refractivity contribution in [2.45, 2.75) is 40.0 Å². The van der Waals surface area contributed by atoms with Gasteiger partial charge < -0.3 is 9.84 Å². The molecule has 0 saturated heterocycles. The van der Waals surface area contributed by atoms with Gasteiger partial charge in [0.1, 0.15) is 17.3 Å². The monoisotopic (exact) mass is 404 g/mol. The van der Waals surface area contributed by atoms with E-state index in [1.807, 2.05) is 32.9 Å². The zero-order chi connectivity index (χ0) is 19.8. The van der Waals surface area contributed by atoms with Gasteiger partial charge in [-0.2, -0.15) is 0 Å². The number of allylic oxidation sites excluding steroid dienone is 2. The highest BCUT2D eigenvalue weighted by Gasteiger charge is 2.34. The molecular formula is C22H22Cl2O3. The van der Waals surface area contributed by atoms with Crippen LogP contribution in [0.3, 0.4) is 0 Å². The lowest BCUT2D eigenvalue weighted by atomic mass is 9.74. The Bertz CT molecular complexity index is 929. The Morgan fingerprint density at radius 3 is 2.48 bits per heavy atom. The van der Waals surface area contributed by atoms with Crippen LogP contribution in [-0.2, 0) is 11.2 Å². The van der Waals surface area contributed by atoms with Gasteiger partial charge in [0.15, 0.2) is 5.78 Å². The number of hydrogen-bond acceptors (Lipinski definition) is 3. The summed E-state index contributed by atoms with van der Waals surface area (Å²) in [6, 6.07) is 10.6. The molecule has 1 aliphatic rings. The summed E-state index contributed by atoms with van der Waals surface area (Å²) in [5.74, 6) is 1.13. The van der Waals surface area contributed by atoms with Crippen LogP contribution in [0.25, 0.3) is 5.57 Å². The molecule has 0 spiro atoms. The van der Waals surface area contributed by atoms with Crippen LogP contribution in [0.15, 0.2) is 42.2 Å². The van der Waals surface area contributed by atoms with Crippen molar-refractivity contribution in [2.24, 2.45) is 5.41 Å². The van der Waals surface area contributed by atoms with Crippen molar-refractivity contribution >= 4 is 34.6 Å². The van der Waals surface area contributed by atoms with Crippen molar-refractivity contribution in [1.29, 1.82) is 0 Å². The van der Waals surface area contributed by atoms with Crippen molar-refractivity contribution in [3.63, 3.8) is 0 Å². The molecule has 0 amide bonds. The van der Waals surface area contributed by atoms with E-state index in [9.17, 15) is 9.90 Å². The minimum atomic E-state index is -0.234. The lowest BCUT2D eigenvalue weighted by Crippen LogP contribution is -2.25. The Labute approximate surface area is 169 Å².